The second-order valence-electron chi connectivity index (χ2n) is 6.18. The molecule has 0 bridgehead atoms. The fraction of sp³-hybridized carbons (Fsp3) is 0.211. The van der Waals surface area contributed by atoms with Gasteiger partial charge in [-0.05, 0) is 24.3 Å². The highest BCUT2D eigenvalue weighted by Crippen LogP contribution is 2.12. The van der Waals surface area contributed by atoms with Crippen LogP contribution in [0.15, 0.2) is 36.7 Å². The third kappa shape index (κ3) is 6.06. The predicted molar refractivity (Wildman–Crippen MR) is 108 cm³/mol. The van der Waals surface area contributed by atoms with Crippen molar-refractivity contribution < 1.29 is 23.9 Å². The van der Waals surface area contributed by atoms with E-state index in [1.165, 1.54) is 6.20 Å². The monoisotopic (exact) mass is 425 g/mol. The molecule has 0 saturated heterocycles. The van der Waals surface area contributed by atoms with E-state index in [4.69, 9.17) is 10.5 Å². The quantitative estimate of drug-likeness (QED) is 0.221. The Labute approximate surface area is 176 Å². The highest BCUT2D eigenvalue weighted by Gasteiger charge is 2.14. The zero-order chi connectivity index (χ0) is 22.1. The summed E-state index contributed by atoms with van der Waals surface area (Å²) in [5.74, 6) is -0.306. The number of hydrogen-bond donors (Lipinski definition) is 3. The number of amides is 1. The zero-order valence-electron chi connectivity index (χ0n) is 16.2. The van der Waals surface area contributed by atoms with Crippen molar-refractivity contribution in [2.24, 2.45) is 0 Å². The molecular weight excluding hydrogens is 406 g/mol. The average molecular weight is 425 g/mol. The van der Waals surface area contributed by atoms with Crippen molar-refractivity contribution in [3.63, 3.8) is 0 Å². The highest BCUT2D eigenvalue weighted by molar-refractivity contribution is 5.94. The van der Waals surface area contributed by atoms with Gasteiger partial charge in [-0.25, -0.2) is 15.0 Å². The van der Waals surface area contributed by atoms with Gasteiger partial charge in [0.25, 0.3) is 18.9 Å². The number of nitrogen functional groups attached to an aromatic ring is 1. The van der Waals surface area contributed by atoms with E-state index in [2.05, 4.69) is 35.3 Å². The van der Waals surface area contributed by atoms with Crippen molar-refractivity contribution in [1.82, 2.24) is 25.3 Å². The molecule has 0 aliphatic rings. The van der Waals surface area contributed by atoms with E-state index in [-0.39, 0.29) is 31.9 Å². The van der Waals surface area contributed by atoms with Gasteiger partial charge in [0.05, 0.1) is 31.2 Å². The number of rotatable bonds is 11. The summed E-state index contributed by atoms with van der Waals surface area (Å²) in [6, 6.07) is 6.66. The molecule has 0 fully saturated rings. The summed E-state index contributed by atoms with van der Waals surface area (Å²) >= 11 is 0. The predicted octanol–water partition coefficient (Wildman–Crippen LogP) is 0.406. The van der Waals surface area contributed by atoms with Crippen LogP contribution in [0.3, 0.4) is 0 Å². The van der Waals surface area contributed by atoms with Crippen molar-refractivity contribution >= 4 is 41.7 Å². The summed E-state index contributed by atoms with van der Waals surface area (Å²) < 4.78 is 9.33. The normalized spacial score (nSPS) is 11.4. The third-order valence-corrected chi connectivity index (χ3v) is 4.07. The third-order valence-electron chi connectivity index (χ3n) is 4.07. The number of nitrogens with one attached hydrogen (secondary N) is 2. The minimum Gasteiger partial charge on any atom is -0.468 e. The van der Waals surface area contributed by atoms with E-state index < -0.39 is 12.1 Å². The van der Waals surface area contributed by atoms with Crippen LogP contribution in [0.1, 0.15) is 22.5 Å². The minimum absolute atomic E-state index is 0.00230. The Morgan fingerprint density at radius 3 is 2.65 bits per heavy atom. The van der Waals surface area contributed by atoms with E-state index in [0.717, 1.165) is 5.69 Å². The van der Waals surface area contributed by atoms with Gasteiger partial charge >= 0.3 is 0 Å². The molecule has 1 amide bonds. The number of nitrogens with zero attached hydrogens (tertiary/aromatic N) is 4. The SMILES string of the molecule is Nc1ncc2nc(CNc3ccc(C(=O)N[C@@H](CCOC=O)OC=O)cc3)cnc2n1. The first-order valence-corrected chi connectivity index (χ1v) is 9.12. The summed E-state index contributed by atoms with van der Waals surface area (Å²) in [6.07, 6.45) is 2.32. The van der Waals surface area contributed by atoms with Gasteiger partial charge in [0.1, 0.15) is 5.52 Å². The van der Waals surface area contributed by atoms with Crippen molar-refractivity contribution in [3.8, 4) is 0 Å². The number of aromatic nitrogens is 4. The van der Waals surface area contributed by atoms with Crippen molar-refractivity contribution in [3.05, 3.63) is 47.9 Å². The molecular formula is C19H19N7O5. The van der Waals surface area contributed by atoms with Gasteiger partial charge in [-0.3, -0.25) is 14.4 Å². The first-order chi connectivity index (χ1) is 15.1. The maximum Gasteiger partial charge on any atom is 0.295 e. The topological polar surface area (TPSA) is 171 Å². The Kier molecular flexibility index (Phi) is 7.19. The van der Waals surface area contributed by atoms with Gasteiger partial charge in [0.15, 0.2) is 11.9 Å². The minimum atomic E-state index is -0.909. The van der Waals surface area contributed by atoms with Crippen LogP contribution in [0.2, 0.25) is 0 Å². The number of anilines is 2. The van der Waals surface area contributed by atoms with Crippen molar-refractivity contribution in [2.45, 2.75) is 19.2 Å². The molecule has 0 aliphatic heterocycles. The molecule has 0 aliphatic carbocycles. The van der Waals surface area contributed by atoms with E-state index in [1.807, 2.05) is 0 Å². The summed E-state index contributed by atoms with van der Waals surface area (Å²) in [5, 5.41) is 5.72. The second-order valence-corrected chi connectivity index (χ2v) is 6.18. The Morgan fingerprint density at radius 1 is 1.10 bits per heavy atom. The van der Waals surface area contributed by atoms with E-state index in [0.29, 0.717) is 29.0 Å². The van der Waals surface area contributed by atoms with Gasteiger partial charge in [0.2, 0.25) is 5.95 Å². The lowest BCUT2D eigenvalue weighted by molar-refractivity contribution is -0.136. The number of carbonyl (C=O) groups excluding carboxylic acids is 3. The summed E-state index contributed by atoms with van der Waals surface area (Å²) in [6.45, 7) is 0.890. The summed E-state index contributed by atoms with van der Waals surface area (Å²) in [7, 11) is 0. The van der Waals surface area contributed by atoms with Gasteiger partial charge in [-0.2, -0.15) is 4.98 Å². The van der Waals surface area contributed by atoms with E-state index in [1.54, 1.807) is 30.5 Å². The smallest absolute Gasteiger partial charge is 0.295 e. The highest BCUT2D eigenvalue weighted by atomic mass is 16.5. The van der Waals surface area contributed by atoms with Crippen LogP contribution in [0.25, 0.3) is 11.2 Å². The molecule has 4 N–H and O–H groups in total. The lowest BCUT2D eigenvalue weighted by Gasteiger charge is -2.16. The largest absolute Gasteiger partial charge is 0.468 e. The molecule has 12 heteroatoms. The molecule has 3 rings (SSSR count). The fourth-order valence-corrected chi connectivity index (χ4v) is 2.58. The summed E-state index contributed by atoms with van der Waals surface area (Å²) in [5.41, 5.74) is 8.27. The van der Waals surface area contributed by atoms with Crippen LogP contribution in [-0.4, -0.2) is 51.6 Å². The lowest BCUT2D eigenvalue weighted by atomic mass is 10.2. The molecule has 0 saturated carbocycles. The maximum absolute atomic E-state index is 12.3. The molecule has 2 heterocycles. The Morgan fingerprint density at radius 2 is 1.90 bits per heavy atom. The molecule has 1 atom stereocenters. The number of fused-ring (bicyclic) bond motifs is 1. The zero-order valence-corrected chi connectivity index (χ0v) is 16.2. The van der Waals surface area contributed by atoms with Gasteiger partial charge in [-0.1, -0.05) is 0 Å². The molecule has 1 aromatic carbocycles. The fourth-order valence-electron chi connectivity index (χ4n) is 2.58. The number of ether oxygens (including phenoxy) is 2. The Bertz CT molecular complexity index is 1060. The van der Waals surface area contributed by atoms with Gasteiger partial charge < -0.3 is 25.8 Å². The molecule has 0 spiro atoms. The van der Waals surface area contributed by atoms with Crippen LogP contribution >= 0.6 is 0 Å². The molecule has 31 heavy (non-hydrogen) atoms. The Hall–Kier alpha value is -4.35. The number of benzene rings is 1. The van der Waals surface area contributed by atoms with Gasteiger partial charge in [0, 0.05) is 17.7 Å². The number of carbonyl (C=O) groups is 3. The first-order valence-electron chi connectivity index (χ1n) is 9.12. The van der Waals surface area contributed by atoms with Crippen molar-refractivity contribution in [1.29, 1.82) is 0 Å². The number of nitrogens with two attached hydrogens (primary N) is 1. The maximum atomic E-state index is 12.3. The molecule has 0 radical (unpaired) electrons. The molecule has 2 aromatic heterocycles. The molecule has 0 unspecified atom stereocenters. The van der Waals surface area contributed by atoms with Crippen molar-refractivity contribution in [2.75, 3.05) is 17.7 Å². The molecule has 160 valence electrons. The van der Waals surface area contributed by atoms with Crippen LogP contribution < -0.4 is 16.4 Å². The molecule has 3 aromatic rings. The first kappa shape index (κ1) is 21.4. The van der Waals surface area contributed by atoms with Crippen LogP contribution in [0, 0.1) is 0 Å². The molecule has 12 nitrogen and oxygen atoms in total. The van der Waals surface area contributed by atoms with E-state index >= 15 is 0 Å². The van der Waals surface area contributed by atoms with Crippen LogP contribution in [0.5, 0.6) is 0 Å². The lowest BCUT2D eigenvalue weighted by Crippen LogP contribution is -2.37. The van der Waals surface area contributed by atoms with E-state index in [9.17, 15) is 14.4 Å². The standard InChI is InChI=1S/C19H19N7O5/c20-19-23-9-15-17(26-19)22-8-14(24-15)7-21-13-3-1-12(2-4-13)18(29)25-16(31-11-28)5-6-30-10-27/h1-4,8-11,16,21H,5-7H2,(H,25,29)(H2,20,22,23,26)/t16-/m1/s1. The Balaban J connectivity index is 1.56. The van der Waals surface area contributed by atoms with Crippen LogP contribution in [-0.2, 0) is 25.6 Å². The second kappa shape index (κ2) is 10.4. The number of hydrogen-bond acceptors (Lipinski definition) is 11. The van der Waals surface area contributed by atoms with Crippen LogP contribution in [0.4, 0.5) is 11.6 Å². The van der Waals surface area contributed by atoms with Gasteiger partial charge in [-0.15, -0.1) is 0 Å². The average Bonchev–Trinajstić information content (AvgIpc) is 2.78. The summed E-state index contributed by atoms with van der Waals surface area (Å²) in [4.78, 5) is 49.6.